The van der Waals surface area contributed by atoms with Gasteiger partial charge in [-0.05, 0) is 47.8 Å². The first-order chi connectivity index (χ1) is 9.59. The molecule has 0 aromatic heterocycles. The van der Waals surface area contributed by atoms with E-state index in [-0.39, 0.29) is 5.97 Å². The first kappa shape index (κ1) is 17.0. The van der Waals surface area contributed by atoms with E-state index in [1.54, 1.807) is 0 Å². The van der Waals surface area contributed by atoms with Gasteiger partial charge in [-0.2, -0.15) is 0 Å². The van der Waals surface area contributed by atoms with Gasteiger partial charge in [-0.3, -0.25) is 0 Å². The van der Waals surface area contributed by atoms with Crippen LogP contribution in [0.25, 0.3) is 0 Å². The summed E-state index contributed by atoms with van der Waals surface area (Å²) in [5, 5.41) is 3.41. The number of carbonyl (C=O) groups is 1. The summed E-state index contributed by atoms with van der Waals surface area (Å²) in [5.74, 6) is -0.160. The molecule has 0 aliphatic heterocycles. The van der Waals surface area contributed by atoms with Crippen LogP contribution in [0.15, 0.2) is 28.7 Å². The number of halogens is 1. The fourth-order valence-corrected chi connectivity index (χ4v) is 2.58. The Bertz CT molecular complexity index is 436. The molecule has 0 fully saturated rings. The average molecular weight is 342 g/mol. The van der Waals surface area contributed by atoms with E-state index in [4.69, 9.17) is 4.74 Å². The largest absolute Gasteiger partial charge is 0.464 e. The zero-order chi connectivity index (χ0) is 15.0. The molecule has 1 unspecified atom stereocenters. The number of hydrogen-bond acceptors (Lipinski definition) is 3. The maximum Gasteiger partial charge on any atom is 0.331 e. The third kappa shape index (κ3) is 4.23. The van der Waals surface area contributed by atoms with E-state index in [1.165, 1.54) is 0 Å². The summed E-state index contributed by atoms with van der Waals surface area (Å²) in [6.07, 6.45) is 3.52. The molecule has 1 N–H and O–H groups in total. The monoisotopic (exact) mass is 341 g/mol. The number of benzene rings is 1. The van der Waals surface area contributed by atoms with Crippen LogP contribution in [-0.2, 0) is 9.53 Å². The maximum atomic E-state index is 12.4. The highest BCUT2D eigenvalue weighted by atomic mass is 79.9. The molecular formula is C16H24BrNO2. The molecule has 0 radical (unpaired) electrons. The van der Waals surface area contributed by atoms with E-state index >= 15 is 0 Å². The number of anilines is 1. The predicted molar refractivity (Wildman–Crippen MR) is 86.9 cm³/mol. The Hall–Kier alpha value is -1.03. The quantitative estimate of drug-likeness (QED) is 0.692. The lowest BCUT2D eigenvalue weighted by Gasteiger charge is -2.33. The van der Waals surface area contributed by atoms with Gasteiger partial charge in [0.15, 0.2) is 0 Å². The Balaban J connectivity index is 3.02. The normalized spacial score (nSPS) is 13.6. The van der Waals surface area contributed by atoms with Crippen molar-refractivity contribution < 1.29 is 9.53 Å². The van der Waals surface area contributed by atoms with Crippen molar-refractivity contribution in [1.82, 2.24) is 0 Å². The molecule has 1 atom stereocenters. The Morgan fingerprint density at radius 2 is 2.00 bits per heavy atom. The van der Waals surface area contributed by atoms with E-state index < -0.39 is 5.54 Å². The van der Waals surface area contributed by atoms with Gasteiger partial charge >= 0.3 is 5.97 Å². The molecule has 112 valence electrons. The molecular weight excluding hydrogens is 318 g/mol. The lowest BCUT2D eigenvalue weighted by atomic mass is 9.89. The van der Waals surface area contributed by atoms with Gasteiger partial charge in [-0.1, -0.05) is 38.8 Å². The minimum Gasteiger partial charge on any atom is -0.464 e. The molecule has 1 aromatic rings. The number of nitrogens with one attached hydrogen (secondary N) is 1. The van der Waals surface area contributed by atoms with Crippen LogP contribution in [-0.4, -0.2) is 18.1 Å². The van der Waals surface area contributed by atoms with Gasteiger partial charge < -0.3 is 10.1 Å². The number of rotatable bonds is 8. The van der Waals surface area contributed by atoms with Crippen molar-refractivity contribution in [1.29, 1.82) is 0 Å². The lowest BCUT2D eigenvalue weighted by Crippen LogP contribution is -2.47. The second kappa shape index (κ2) is 8.30. The Labute approximate surface area is 130 Å². The van der Waals surface area contributed by atoms with Gasteiger partial charge in [0.05, 0.1) is 6.61 Å². The molecule has 3 nitrogen and oxygen atoms in total. The Morgan fingerprint density at radius 1 is 1.30 bits per heavy atom. The number of carbonyl (C=O) groups excluding carboxylic acids is 1. The fraction of sp³-hybridized carbons (Fsp3) is 0.562. The average Bonchev–Trinajstić information content (AvgIpc) is 2.46. The van der Waals surface area contributed by atoms with Gasteiger partial charge in [0.2, 0.25) is 0 Å². The van der Waals surface area contributed by atoms with Crippen LogP contribution in [0.2, 0.25) is 0 Å². The molecule has 20 heavy (non-hydrogen) atoms. The standard InChI is InChI=1S/C16H24BrNO2/c1-4-7-12-16(5-2,15(19)20-6-3)18-14-11-9-8-10-13(14)17/h8-11,18H,4-7,12H2,1-3H3. The van der Waals surface area contributed by atoms with E-state index in [0.29, 0.717) is 13.0 Å². The van der Waals surface area contributed by atoms with Crippen LogP contribution in [0, 0.1) is 0 Å². The van der Waals surface area contributed by atoms with Crippen molar-refractivity contribution in [3.63, 3.8) is 0 Å². The minimum atomic E-state index is -0.643. The lowest BCUT2D eigenvalue weighted by molar-refractivity contribution is -0.149. The number of hydrogen-bond donors (Lipinski definition) is 1. The molecule has 0 aliphatic carbocycles. The second-order valence-electron chi connectivity index (χ2n) is 4.86. The maximum absolute atomic E-state index is 12.4. The first-order valence-corrected chi connectivity index (χ1v) is 8.08. The molecule has 0 saturated heterocycles. The summed E-state index contributed by atoms with van der Waals surface area (Å²) in [5.41, 5.74) is 0.286. The summed E-state index contributed by atoms with van der Waals surface area (Å²) in [4.78, 5) is 12.4. The second-order valence-corrected chi connectivity index (χ2v) is 5.72. The van der Waals surface area contributed by atoms with Crippen LogP contribution in [0.3, 0.4) is 0 Å². The molecule has 0 spiro atoms. The molecule has 1 aromatic carbocycles. The molecule has 0 saturated carbocycles. The van der Waals surface area contributed by atoms with Crippen LogP contribution in [0.1, 0.15) is 46.5 Å². The fourth-order valence-electron chi connectivity index (χ4n) is 2.19. The molecule has 0 heterocycles. The Kier molecular flexibility index (Phi) is 7.06. The molecule has 4 heteroatoms. The van der Waals surface area contributed by atoms with Crippen LogP contribution >= 0.6 is 15.9 Å². The number of unbranched alkanes of at least 4 members (excludes halogenated alkanes) is 1. The summed E-state index contributed by atoms with van der Waals surface area (Å²) < 4.78 is 6.25. The minimum absolute atomic E-state index is 0.160. The van der Waals surface area contributed by atoms with Crippen molar-refractivity contribution in [3.05, 3.63) is 28.7 Å². The summed E-state index contributed by atoms with van der Waals surface area (Å²) in [7, 11) is 0. The number of para-hydroxylation sites is 1. The van der Waals surface area contributed by atoms with Crippen molar-refractivity contribution in [3.8, 4) is 0 Å². The zero-order valence-corrected chi connectivity index (χ0v) is 14.1. The van der Waals surface area contributed by atoms with Crippen LogP contribution in [0.4, 0.5) is 5.69 Å². The first-order valence-electron chi connectivity index (χ1n) is 7.29. The van der Waals surface area contributed by atoms with Crippen LogP contribution in [0.5, 0.6) is 0 Å². The van der Waals surface area contributed by atoms with Gasteiger partial charge in [-0.25, -0.2) is 4.79 Å². The molecule has 0 bridgehead atoms. The van der Waals surface area contributed by atoms with Crippen molar-refractivity contribution in [2.24, 2.45) is 0 Å². The van der Waals surface area contributed by atoms with Gasteiger partial charge in [0, 0.05) is 10.2 Å². The summed E-state index contributed by atoms with van der Waals surface area (Å²) in [6.45, 7) is 6.40. The summed E-state index contributed by atoms with van der Waals surface area (Å²) >= 11 is 3.52. The third-order valence-electron chi connectivity index (χ3n) is 3.47. The highest BCUT2D eigenvalue weighted by molar-refractivity contribution is 9.10. The van der Waals surface area contributed by atoms with Gasteiger partial charge in [0.1, 0.15) is 5.54 Å². The van der Waals surface area contributed by atoms with E-state index in [2.05, 4.69) is 28.2 Å². The number of ether oxygens (including phenoxy) is 1. The molecule has 1 rings (SSSR count). The van der Waals surface area contributed by atoms with Crippen molar-refractivity contribution in [2.75, 3.05) is 11.9 Å². The van der Waals surface area contributed by atoms with E-state index in [0.717, 1.165) is 29.4 Å². The zero-order valence-electron chi connectivity index (χ0n) is 12.5. The van der Waals surface area contributed by atoms with E-state index in [9.17, 15) is 4.79 Å². The third-order valence-corrected chi connectivity index (χ3v) is 4.17. The SMILES string of the molecule is CCCCC(CC)(Nc1ccccc1Br)C(=O)OCC. The van der Waals surface area contributed by atoms with Crippen molar-refractivity contribution >= 4 is 27.6 Å². The predicted octanol–water partition coefficient (Wildman–Crippen LogP) is 4.76. The van der Waals surface area contributed by atoms with Crippen LogP contribution < -0.4 is 5.32 Å². The Morgan fingerprint density at radius 3 is 2.55 bits per heavy atom. The highest BCUT2D eigenvalue weighted by Gasteiger charge is 2.37. The topological polar surface area (TPSA) is 38.3 Å². The number of esters is 1. The summed E-state index contributed by atoms with van der Waals surface area (Å²) in [6, 6.07) is 7.85. The van der Waals surface area contributed by atoms with Gasteiger partial charge in [-0.15, -0.1) is 0 Å². The highest BCUT2D eigenvalue weighted by Crippen LogP contribution is 2.30. The smallest absolute Gasteiger partial charge is 0.331 e. The molecule has 0 amide bonds. The van der Waals surface area contributed by atoms with E-state index in [1.807, 2.05) is 38.1 Å². The van der Waals surface area contributed by atoms with Gasteiger partial charge in [0.25, 0.3) is 0 Å². The molecule has 0 aliphatic rings. The van der Waals surface area contributed by atoms with Crippen molar-refractivity contribution in [2.45, 2.75) is 52.0 Å².